The summed E-state index contributed by atoms with van der Waals surface area (Å²) in [5.74, 6) is 1.39. The molecule has 1 aromatic rings. The number of ether oxygens (including phenoxy) is 2. The van der Waals surface area contributed by atoms with E-state index in [-0.39, 0.29) is 31.7 Å². The lowest BCUT2D eigenvalue weighted by molar-refractivity contribution is -0.128. The first-order chi connectivity index (χ1) is 7.70. The van der Waals surface area contributed by atoms with Crippen LogP contribution in [0.1, 0.15) is 5.56 Å². The first kappa shape index (κ1) is 13.6. The summed E-state index contributed by atoms with van der Waals surface area (Å²) < 4.78 is 10.5. The lowest BCUT2D eigenvalue weighted by Gasteiger charge is -2.16. The largest absolute Gasteiger partial charge is 0.454 e. The van der Waals surface area contributed by atoms with Gasteiger partial charge in [-0.1, -0.05) is 6.07 Å². The Morgan fingerprint density at radius 2 is 2.12 bits per heavy atom. The van der Waals surface area contributed by atoms with E-state index in [0.717, 1.165) is 17.1 Å². The lowest BCUT2D eigenvalue weighted by Crippen LogP contribution is -2.32. The topological polar surface area (TPSA) is 64.8 Å². The van der Waals surface area contributed by atoms with Gasteiger partial charge in [-0.15, -0.1) is 12.4 Å². The number of nitrogens with zero attached hydrogens (tertiary/aromatic N) is 1. The minimum Gasteiger partial charge on any atom is -0.454 e. The van der Waals surface area contributed by atoms with Gasteiger partial charge >= 0.3 is 0 Å². The number of nitrogens with two attached hydrogens (primary N) is 1. The van der Waals surface area contributed by atoms with Crippen molar-refractivity contribution < 1.29 is 14.3 Å². The van der Waals surface area contributed by atoms with Crippen molar-refractivity contribution in [2.45, 2.75) is 6.54 Å². The second-order valence-corrected chi connectivity index (χ2v) is 3.64. The van der Waals surface area contributed by atoms with Crippen LogP contribution in [0.25, 0.3) is 0 Å². The van der Waals surface area contributed by atoms with Crippen LogP contribution in [0, 0.1) is 0 Å². The summed E-state index contributed by atoms with van der Waals surface area (Å²) in [6.07, 6.45) is 0. The molecule has 0 saturated heterocycles. The van der Waals surface area contributed by atoms with Crippen LogP contribution in [0.4, 0.5) is 0 Å². The van der Waals surface area contributed by atoms with Gasteiger partial charge in [0.1, 0.15) is 0 Å². The molecule has 1 aliphatic rings. The molecule has 94 valence electrons. The van der Waals surface area contributed by atoms with Gasteiger partial charge in [-0.3, -0.25) is 4.79 Å². The second kappa shape index (κ2) is 5.75. The van der Waals surface area contributed by atoms with Crippen LogP contribution in [0.15, 0.2) is 18.2 Å². The first-order valence-corrected chi connectivity index (χ1v) is 5.03. The fourth-order valence-corrected chi connectivity index (χ4v) is 1.56. The molecule has 2 rings (SSSR count). The molecule has 0 fully saturated rings. The van der Waals surface area contributed by atoms with Crippen LogP contribution in [-0.2, 0) is 11.3 Å². The Morgan fingerprint density at radius 1 is 1.41 bits per heavy atom. The van der Waals surface area contributed by atoms with Gasteiger partial charge in [-0.2, -0.15) is 0 Å². The van der Waals surface area contributed by atoms with Gasteiger partial charge in [-0.25, -0.2) is 0 Å². The van der Waals surface area contributed by atoms with Gasteiger partial charge in [0, 0.05) is 13.6 Å². The molecular formula is C11H15ClN2O3. The van der Waals surface area contributed by atoms with Crippen molar-refractivity contribution in [3.05, 3.63) is 23.8 Å². The van der Waals surface area contributed by atoms with E-state index in [2.05, 4.69) is 0 Å². The van der Waals surface area contributed by atoms with E-state index in [1.54, 1.807) is 11.9 Å². The first-order valence-electron chi connectivity index (χ1n) is 5.03. The number of halogens is 1. The average molecular weight is 259 g/mol. The number of hydrogen-bond acceptors (Lipinski definition) is 4. The van der Waals surface area contributed by atoms with Crippen LogP contribution < -0.4 is 15.2 Å². The zero-order valence-corrected chi connectivity index (χ0v) is 10.3. The monoisotopic (exact) mass is 258 g/mol. The molecule has 17 heavy (non-hydrogen) atoms. The molecule has 0 bridgehead atoms. The highest BCUT2D eigenvalue weighted by atomic mass is 35.5. The predicted octanol–water partition coefficient (Wildman–Crippen LogP) is 0.754. The van der Waals surface area contributed by atoms with E-state index >= 15 is 0 Å². The maximum atomic E-state index is 11.3. The van der Waals surface area contributed by atoms with Crippen LogP contribution in [0.3, 0.4) is 0 Å². The van der Waals surface area contributed by atoms with E-state index < -0.39 is 0 Å². The van der Waals surface area contributed by atoms with Gasteiger partial charge in [0.05, 0.1) is 6.54 Å². The Labute approximate surface area is 106 Å². The van der Waals surface area contributed by atoms with E-state index in [0.29, 0.717) is 6.54 Å². The molecule has 0 aliphatic carbocycles. The Kier molecular flexibility index (Phi) is 4.60. The third kappa shape index (κ3) is 3.01. The fraction of sp³-hybridized carbons (Fsp3) is 0.364. The molecule has 0 spiro atoms. The van der Waals surface area contributed by atoms with Crippen molar-refractivity contribution in [2.75, 3.05) is 20.4 Å². The van der Waals surface area contributed by atoms with E-state index in [1.807, 2.05) is 18.2 Å². The SMILES string of the molecule is CN(Cc1ccc2c(c1)OCO2)C(=O)CN.Cl. The van der Waals surface area contributed by atoms with Crippen LogP contribution in [0.2, 0.25) is 0 Å². The smallest absolute Gasteiger partial charge is 0.236 e. The highest BCUT2D eigenvalue weighted by Gasteiger charge is 2.14. The Morgan fingerprint density at radius 3 is 2.82 bits per heavy atom. The summed E-state index contributed by atoms with van der Waals surface area (Å²) in [7, 11) is 1.72. The molecule has 0 atom stereocenters. The number of likely N-dealkylation sites (N-methyl/N-ethyl adjacent to an activating group) is 1. The minimum absolute atomic E-state index is 0. The predicted molar refractivity (Wildman–Crippen MR) is 65.3 cm³/mol. The van der Waals surface area contributed by atoms with Crippen molar-refractivity contribution in [2.24, 2.45) is 5.73 Å². The lowest BCUT2D eigenvalue weighted by atomic mass is 10.2. The second-order valence-electron chi connectivity index (χ2n) is 3.64. The van der Waals surface area contributed by atoms with Crippen molar-refractivity contribution in [3.8, 4) is 11.5 Å². The molecule has 0 unspecified atom stereocenters. The minimum atomic E-state index is -0.0855. The van der Waals surface area contributed by atoms with Gasteiger partial charge < -0.3 is 20.1 Å². The highest BCUT2D eigenvalue weighted by molar-refractivity contribution is 5.85. The van der Waals surface area contributed by atoms with E-state index in [4.69, 9.17) is 15.2 Å². The normalized spacial score (nSPS) is 11.9. The summed E-state index contributed by atoms with van der Waals surface area (Å²) >= 11 is 0. The fourth-order valence-electron chi connectivity index (χ4n) is 1.56. The zero-order valence-electron chi connectivity index (χ0n) is 9.51. The third-order valence-electron chi connectivity index (χ3n) is 2.46. The maximum Gasteiger partial charge on any atom is 0.236 e. The summed E-state index contributed by atoms with van der Waals surface area (Å²) in [5, 5.41) is 0. The molecule has 0 radical (unpaired) electrons. The van der Waals surface area contributed by atoms with Gasteiger partial charge in [0.15, 0.2) is 11.5 Å². The zero-order chi connectivity index (χ0) is 11.5. The Balaban J connectivity index is 0.00000144. The average Bonchev–Trinajstić information content (AvgIpc) is 2.75. The summed E-state index contributed by atoms with van der Waals surface area (Å²) in [5.41, 5.74) is 6.27. The van der Waals surface area contributed by atoms with Gasteiger partial charge in [-0.05, 0) is 17.7 Å². The van der Waals surface area contributed by atoms with Gasteiger partial charge in [0.25, 0.3) is 0 Å². The highest BCUT2D eigenvalue weighted by Crippen LogP contribution is 2.32. The summed E-state index contributed by atoms with van der Waals surface area (Å²) in [4.78, 5) is 12.9. The number of carbonyl (C=O) groups excluding carboxylic acids is 1. The van der Waals surface area contributed by atoms with Crippen molar-refractivity contribution in [3.63, 3.8) is 0 Å². The van der Waals surface area contributed by atoms with Crippen molar-refractivity contribution in [1.29, 1.82) is 0 Å². The van der Waals surface area contributed by atoms with E-state index in [1.165, 1.54) is 0 Å². The molecule has 0 saturated carbocycles. The quantitative estimate of drug-likeness (QED) is 0.869. The van der Waals surface area contributed by atoms with Crippen LogP contribution in [-0.4, -0.2) is 31.2 Å². The Hall–Kier alpha value is -1.46. The number of hydrogen-bond donors (Lipinski definition) is 1. The number of carbonyl (C=O) groups is 1. The molecule has 1 amide bonds. The Bertz CT molecular complexity index is 412. The van der Waals surface area contributed by atoms with Crippen LogP contribution >= 0.6 is 12.4 Å². The summed E-state index contributed by atoms with van der Waals surface area (Å²) in [6.45, 7) is 0.810. The maximum absolute atomic E-state index is 11.3. The molecule has 1 aliphatic heterocycles. The number of amides is 1. The number of rotatable bonds is 3. The molecule has 5 nitrogen and oxygen atoms in total. The molecule has 6 heteroatoms. The molecule has 2 N–H and O–H groups in total. The summed E-state index contributed by atoms with van der Waals surface area (Å²) in [6, 6.07) is 5.63. The molecule has 1 aromatic carbocycles. The van der Waals surface area contributed by atoms with Crippen molar-refractivity contribution >= 4 is 18.3 Å². The van der Waals surface area contributed by atoms with E-state index in [9.17, 15) is 4.79 Å². The third-order valence-corrected chi connectivity index (χ3v) is 2.46. The number of fused-ring (bicyclic) bond motifs is 1. The van der Waals surface area contributed by atoms with Crippen LogP contribution in [0.5, 0.6) is 11.5 Å². The standard InChI is InChI=1S/C11H14N2O3.ClH/c1-13(11(14)5-12)6-8-2-3-9-10(4-8)16-7-15-9;/h2-4H,5-7,12H2,1H3;1H. The molecular weight excluding hydrogens is 244 g/mol. The van der Waals surface area contributed by atoms with Crippen molar-refractivity contribution in [1.82, 2.24) is 4.90 Å². The molecule has 0 aromatic heterocycles. The molecule has 1 heterocycles. The number of benzene rings is 1. The van der Waals surface area contributed by atoms with Gasteiger partial charge in [0.2, 0.25) is 12.7 Å².